The molecule has 0 radical (unpaired) electrons. The molecule has 0 saturated heterocycles. The minimum Gasteiger partial charge on any atom is -0.456 e. The van der Waals surface area contributed by atoms with Crippen LogP contribution in [-0.4, -0.2) is 4.57 Å². The summed E-state index contributed by atoms with van der Waals surface area (Å²) in [6.07, 6.45) is 0. The monoisotopic (exact) mass is 623 g/mol. The smallest absolute Gasteiger partial charge is 0.136 e. The molecule has 11 aromatic rings. The van der Waals surface area contributed by atoms with E-state index >= 15 is 0 Å². The number of benzene rings is 8. The Hall–Kier alpha value is -6.58. The summed E-state index contributed by atoms with van der Waals surface area (Å²) in [4.78, 5) is 0. The van der Waals surface area contributed by atoms with Crippen LogP contribution in [0.3, 0.4) is 0 Å². The predicted molar refractivity (Wildman–Crippen MR) is 203 cm³/mol. The van der Waals surface area contributed by atoms with E-state index in [9.17, 15) is 0 Å². The lowest BCUT2D eigenvalue weighted by Gasteiger charge is -2.16. The van der Waals surface area contributed by atoms with Crippen LogP contribution in [0.25, 0.3) is 116 Å². The zero-order chi connectivity index (χ0) is 31.8. The lowest BCUT2D eigenvalue weighted by molar-refractivity contribution is 0.669. The summed E-state index contributed by atoms with van der Waals surface area (Å²) in [7, 11) is 0. The molecule has 0 fully saturated rings. The van der Waals surface area contributed by atoms with Crippen molar-refractivity contribution in [3.05, 3.63) is 152 Å². The predicted octanol–water partition coefficient (Wildman–Crippen LogP) is 13.1. The maximum atomic E-state index is 6.63. The Bertz CT molecular complexity index is 3090. The van der Waals surface area contributed by atoms with E-state index in [4.69, 9.17) is 8.83 Å². The molecule has 1 aliphatic rings. The van der Waals surface area contributed by atoms with Crippen LogP contribution in [0, 0.1) is 0 Å². The van der Waals surface area contributed by atoms with Crippen LogP contribution in [0.4, 0.5) is 0 Å². The molecule has 0 bridgehead atoms. The maximum absolute atomic E-state index is 6.63. The van der Waals surface area contributed by atoms with E-state index in [0.29, 0.717) is 0 Å². The molecule has 226 valence electrons. The van der Waals surface area contributed by atoms with E-state index in [0.717, 1.165) is 38.8 Å². The minimum atomic E-state index is 0.899. The molecule has 3 nitrogen and oxygen atoms in total. The fourth-order valence-electron chi connectivity index (χ4n) is 8.63. The number of rotatable bonds is 3. The summed E-state index contributed by atoms with van der Waals surface area (Å²) >= 11 is 0. The first-order valence-electron chi connectivity index (χ1n) is 16.8. The molecule has 1 aliphatic carbocycles. The van der Waals surface area contributed by atoms with Crippen molar-refractivity contribution in [3.8, 4) is 39.1 Å². The van der Waals surface area contributed by atoms with Gasteiger partial charge in [0, 0.05) is 43.3 Å². The standard InChI is InChI=1S/C46H25NO2/c1-3-8-26(9-4-1)29-14-18-34-32(24-29)33-25-30(27-10-5-2-6-11-27)15-19-35(33)47(34)36-20-23-40-46-42(36)31-12-7-13-37-43(31)44-38(48-37)21-16-28-17-22-39(49-40)45(46)41(28)44/h1-25H. The number of furan rings is 2. The molecule has 3 aromatic heterocycles. The molecule has 8 aromatic carbocycles. The maximum Gasteiger partial charge on any atom is 0.136 e. The van der Waals surface area contributed by atoms with Gasteiger partial charge in [-0.2, -0.15) is 0 Å². The van der Waals surface area contributed by atoms with E-state index in [1.165, 1.54) is 76.7 Å². The molecule has 3 heteroatoms. The highest BCUT2D eigenvalue weighted by molar-refractivity contribution is 6.37. The molecule has 12 rings (SSSR count). The van der Waals surface area contributed by atoms with Crippen LogP contribution in [0.15, 0.2) is 160 Å². The van der Waals surface area contributed by atoms with E-state index in [-0.39, 0.29) is 0 Å². The second-order valence-electron chi connectivity index (χ2n) is 13.2. The van der Waals surface area contributed by atoms with Crippen molar-refractivity contribution < 1.29 is 8.83 Å². The molecular formula is C46H25NO2. The molecule has 0 spiro atoms. The van der Waals surface area contributed by atoms with Gasteiger partial charge >= 0.3 is 0 Å². The van der Waals surface area contributed by atoms with Crippen molar-refractivity contribution in [2.45, 2.75) is 0 Å². The topological polar surface area (TPSA) is 31.2 Å². The second-order valence-corrected chi connectivity index (χ2v) is 13.2. The van der Waals surface area contributed by atoms with Gasteiger partial charge in [-0.25, -0.2) is 0 Å². The van der Waals surface area contributed by atoms with Gasteiger partial charge in [0.25, 0.3) is 0 Å². The number of hydrogen-bond acceptors (Lipinski definition) is 2. The zero-order valence-corrected chi connectivity index (χ0v) is 26.2. The lowest BCUT2D eigenvalue weighted by Crippen LogP contribution is -1.98. The van der Waals surface area contributed by atoms with E-state index in [1.807, 2.05) is 0 Å². The summed E-state index contributed by atoms with van der Waals surface area (Å²) in [5, 5.41) is 9.50. The largest absolute Gasteiger partial charge is 0.456 e. The normalized spacial score (nSPS) is 12.5. The average molecular weight is 624 g/mol. The Morgan fingerprint density at radius 2 is 0.918 bits per heavy atom. The van der Waals surface area contributed by atoms with Crippen LogP contribution in [0.5, 0.6) is 0 Å². The van der Waals surface area contributed by atoms with Crippen molar-refractivity contribution >= 4 is 76.5 Å². The molecule has 3 heterocycles. The van der Waals surface area contributed by atoms with Gasteiger partial charge in [0.1, 0.15) is 22.3 Å². The highest BCUT2D eigenvalue weighted by Crippen LogP contribution is 2.52. The Morgan fingerprint density at radius 1 is 0.367 bits per heavy atom. The van der Waals surface area contributed by atoms with E-state index < -0.39 is 0 Å². The summed E-state index contributed by atoms with van der Waals surface area (Å²) < 4.78 is 15.6. The van der Waals surface area contributed by atoms with Crippen molar-refractivity contribution in [1.82, 2.24) is 4.57 Å². The van der Waals surface area contributed by atoms with Gasteiger partial charge in [0.05, 0.1) is 16.7 Å². The third-order valence-corrected chi connectivity index (χ3v) is 10.7. The molecule has 0 N–H and O–H groups in total. The first-order valence-corrected chi connectivity index (χ1v) is 16.8. The summed E-state index contributed by atoms with van der Waals surface area (Å²) in [6.45, 7) is 0. The van der Waals surface area contributed by atoms with Crippen molar-refractivity contribution in [3.63, 3.8) is 0 Å². The minimum absolute atomic E-state index is 0.899. The van der Waals surface area contributed by atoms with Gasteiger partial charge in [0.15, 0.2) is 0 Å². The quantitative estimate of drug-likeness (QED) is 0.196. The first kappa shape index (κ1) is 25.5. The van der Waals surface area contributed by atoms with Gasteiger partial charge in [0.2, 0.25) is 0 Å². The molecule has 49 heavy (non-hydrogen) atoms. The second kappa shape index (κ2) is 9.06. The highest BCUT2D eigenvalue weighted by Gasteiger charge is 2.28. The van der Waals surface area contributed by atoms with Gasteiger partial charge in [-0.3, -0.25) is 0 Å². The molecule has 0 saturated carbocycles. The van der Waals surface area contributed by atoms with Crippen LogP contribution < -0.4 is 0 Å². The third kappa shape index (κ3) is 3.26. The summed E-state index contributed by atoms with van der Waals surface area (Å²) in [6, 6.07) is 54.6. The van der Waals surface area contributed by atoms with Gasteiger partial charge in [-0.05, 0) is 87.8 Å². The number of hydrogen-bond donors (Lipinski definition) is 0. The molecule has 0 atom stereocenters. The summed E-state index contributed by atoms with van der Waals surface area (Å²) in [5.74, 6) is 0. The fourth-order valence-corrected chi connectivity index (χ4v) is 8.63. The first-order chi connectivity index (χ1) is 24.3. The van der Waals surface area contributed by atoms with Crippen LogP contribution in [-0.2, 0) is 0 Å². The Balaban J connectivity index is 1.26. The van der Waals surface area contributed by atoms with E-state index in [1.54, 1.807) is 0 Å². The number of fused-ring (bicyclic) bond motifs is 4. The van der Waals surface area contributed by atoms with Crippen LogP contribution in [0.2, 0.25) is 0 Å². The van der Waals surface area contributed by atoms with E-state index in [2.05, 4.69) is 156 Å². The SMILES string of the molecule is c1ccc(-c2ccc3c(c2)c2cc(-c4ccccc4)ccc2n3-c2ccc3oc4ccc5ccc6oc7cccc8c7c6c5c4c3c2-8)cc1. The lowest BCUT2D eigenvalue weighted by atomic mass is 9.96. The van der Waals surface area contributed by atoms with Crippen molar-refractivity contribution in [2.24, 2.45) is 0 Å². The average Bonchev–Trinajstić information content (AvgIpc) is 3.81. The van der Waals surface area contributed by atoms with Crippen molar-refractivity contribution in [2.75, 3.05) is 0 Å². The molecular weight excluding hydrogens is 599 g/mol. The van der Waals surface area contributed by atoms with Gasteiger partial charge in [-0.1, -0.05) is 97.1 Å². The molecule has 0 unspecified atom stereocenters. The Kier molecular flexibility index (Phi) is 4.72. The van der Waals surface area contributed by atoms with Crippen LogP contribution in [0.1, 0.15) is 0 Å². The van der Waals surface area contributed by atoms with Gasteiger partial charge in [-0.15, -0.1) is 0 Å². The number of aromatic nitrogens is 1. The summed E-state index contributed by atoms with van der Waals surface area (Å²) in [5.41, 5.74) is 14.2. The Morgan fingerprint density at radius 3 is 1.55 bits per heavy atom. The number of nitrogens with zero attached hydrogens (tertiary/aromatic N) is 1. The zero-order valence-electron chi connectivity index (χ0n) is 26.2. The third-order valence-electron chi connectivity index (χ3n) is 10.7. The molecule has 0 amide bonds. The molecule has 0 aliphatic heterocycles. The highest BCUT2D eigenvalue weighted by atomic mass is 16.3. The van der Waals surface area contributed by atoms with Gasteiger partial charge < -0.3 is 13.4 Å². The van der Waals surface area contributed by atoms with Crippen LogP contribution >= 0.6 is 0 Å². The fraction of sp³-hybridized carbons (Fsp3) is 0. The Labute approximate surface area is 279 Å². The van der Waals surface area contributed by atoms with Crippen molar-refractivity contribution in [1.29, 1.82) is 0 Å².